The number of guanidine groups is 1. The highest BCUT2D eigenvalue weighted by molar-refractivity contribution is 7.09. The maximum atomic E-state index is 4.72. The van der Waals surface area contributed by atoms with Crippen LogP contribution in [0.2, 0.25) is 0 Å². The van der Waals surface area contributed by atoms with Gasteiger partial charge >= 0.3 is 0 Å². The second-order valence-corrected chi connectivity index (χ2v) is 8.44. The summed E-state index contributed by atoms with van der Waals surface area (Å²) in [6.45, 7) is 16.0. The number of rotatable bonds is 7. The van der Waals surface area contributed by atoms with Crippen LogP contribution in [-0.4, -0.2) is 48.1 Å². The quantitative estimate of drug-likeness (QED) is 0.574. The van der Waals surface area contributed by atoms with Crippen LogP contribution >= 0.6 is 11.3 Å². The lowest BCUT2D eigenvalue weighted by atomic mass is 9.97. The van der Waals surface area contributed by atoms with Crippen LogP contribution in [0.25, 0.3) is 0 Å². The van der Waals surface area contributed by atoms with E-state index in [0.29, 0.717) is 24.4 Å². The van der Waals surface area contributed by atoms with Crippen molar-refractivity contribution in [1.29, 1.82) is 0 Å². The molecule has 0 bridgehead atoms. The first-order valence-electron chi connectivity index (χ1n) is 9.70. The maximum Gasteiger partial charge on any atom is 0.191 e. The van der Waals surface area contributed by atoms with Crippen LogP contribution in [-0.2, 0) is 6.54 Å². The van der Waals surface area contributed by atoms with Gasteiger partial charge in [-0.2, -0.15) is 0 Å². The van der Waals surface area contributed by atoms with E-state index in [4.69, 9.17) is 4.99 Å². The van der Waals surface area contributed by atoms with Crippen molar-refractivity contribution in [3.05, 3.63) is 16.1 Å². The van der Waals surface area contributed by atoms with Crippen LogP contribution < -0.4 is 10.6 Å². The number of likely N-dealkylation sites (tertiary alicyclic amines) is 1. The van der Waals surface area contributed by atoms with Crippen LogP contribution in [0.5, 0.6) is 0 Å². The van der Waals surface area contributed by atoms with Crippen molar-refractivity contribution >= 4 is 17.3 Å². The topological polar surface area (TPSA) is 52.6 Å². The van der Waals surface area contributed by atoms with Crippen molar-refractivity contribution < 1.29 is 0 Å². The van der Waals surface area contributed by atoms with Crippen LogP contribution in [0.15, 0.2) is 10.4 Å². The molecule has 0 aliphatic carbocycles. The Morgan fingerprint density at radius 2 is 2.16 bits per heavy atom. The van der Waals surface area contributed by atoms with Crippen molar-refractivity contribution in [1.82, 2.24) is 20.5 Å². The zero-order chi connectivity index (χ0) is 18.2. The van der Waals surface area contributed by atoms with Crippen LogP contribution in [0.4, 0.5) is 0 Å². The Labute approximate surface area is 157 Å². The molecule has 142 valence electrons. The average Bonchev–Trinajstić information content (AvgIpc) is 3.07. The molecule has 0 spiro atoms. The predicted octanol–water partition coefficient (Wildman–Crippen LogP) is 3.44. The normalized spacial score (nSPS) is 19.6. The van der Waals surface area contributed by atoms with E-state index in [1.807, 2.05) is 0 Å². The van der Waals surface area contributed by atoms with Gasteiger partial charge in [0, 0.05) is 31.1 Å². The lowest BCUT2D eigenvalue weighted by molar-refractivity contribution is 0.141. The fourth-order valence-corrected chi connectivity index (χ4v) is 4.00. The van der Waals surface area contributed by atoms with Gasteiger partial charge in [0.2, 0.25) is 0 Å². The van der Waals surface area contributed by atoms with E-state index >= 15 is 0 Å². The molecule has 2 heterocycles. The van der Waals surface area contributed by atoms with Gasteiger partial charge in [-0.15, -0.1) is 11.3 Å². The second-order valence-electron chi connectivity index (χ2n) is 7.49. The van der Waals surface area contributed by atoms with Gasteiger partial charge in [0.1, 0.15) is 5.01 Å². The fourth-order valence-electron chi connectivity index (χ4n) is 3.13. The smallest absolute Gasteiger partial charge is 0.191 e. The van der Waals surface area contributed by atoms with E-state index in [1.165, 1.54) is 31.6 Å². The summed E-state index contributed by atoms with van der Waals surface area (Å²) in [5.41, 5.74) is 1.17. The van der Waals surface area contributed by atoms with E-state index in [0.717, 1.165) is 24.1 Å². The van der Waals surface area contributed by atoms with E-state index < -0.39 is 0 Å². The largest absolute Gasteiger partial charge is 0.357 e. The summed E-state index contributed by atoms with van der Waals surface area (Å²) in [6, 6.07) is 0.643. The monoisotopic (exact) mass is 365 g/mol. The molecule has 2 rings (SSSR count). The predicted molar refractivity (Wildman–Crippen MR) is 108 cm³/mol. The second kappa shape index (κ2) is 10.1. The molecule has 1 aliphatic rings. The van der Waals surface area contributed by atoms with Gasteiger partial charge in [0.05, 0.1) is 12.2 Å². The highest BCUT2D eigenvalue weighted by atomic mass is 32.1. The molecule has 1 atom stereocenters. The van der Waals surface area contributed by atoms with Gasteiger partial charge in [-0.3, -0.25) is 0 Å². The fraction of sp³-hybridized carbons (Fsp3) is 0.789. The summed E-state index contributed by atoms with van der Waals surface area (Å²) < 4.78 is 0. The van der Waals surface area contributed by atoms with Crippen LogP contribution in [0.1, 0.15) is 64.1 Å². The third-order valence-electron chi connectivity index (χ3n) is 4.72. The number of nitrogens with zero attached hydrogens (tertiary/aromatic N) is 3. The molecule has 5 nitrogen and oxygen atoms in total. The first-order chi connectivity index (χ1) is 12.0. The van der Waals surface area contributed by atoms with Crippen molar-refractivity contribution in [2.24, 2.45) is 10.9 Å². The number of nitrogens with one attached hydrogen (secondary N) is 2. The highest BCUT2D eigenvalue weighted by Crippen LogP contribution is 2.19. The van der Waals surface area contributed by atoms with Gasteiger partial charge in [-0.25, -0.2) is 9.98 Å². The van der Waals surface area contributed by atoms with Crippen molar-refractivity contribution in [3.8, 4) is 0 Å². The Hall–Kier alpha value is -1.14. The van der Waals surface area contributed by atoms with Gasteiger partial charge in [0.15, 0.2) is 5.96 Å². The van der Waals surface area contributed by atoms with Gasteiger partial charge < -0.3 is 15.5 Å². The Balaban J connectivity index is 1.86. The standard InChI is InChI=1S/C19H35N5S/c1-6-20-19(22-11-18-23-17(13-25-18)14(2)3)21-10-16-8-7-9-24(12-16)15(4)5/h13-16H,6-12H2,1-5H3,(H2,20,21,22). The first kappa shape index (κ1) is 20.2. The van der Waals surface area contributed by atoms with E-state index in [9.17, 15) is 0 Å². The lowest BCUT2D eigenvalue weighted by Crippen LogP contribution is -2.46. The number of aromatic nitrogens is 1. The SMILES string of the molecule is CCNC(=NCc1nc(C(C)C)cs1)NCC1CCCN(C(C)C)C1. The Morgan fingerprint density at radius 1 is 1.36 bits per heavy atom. The molecule has 6 heteroatoms. The zero-order valence-electron chi connectivity index (χ0n) is 16.5. The molecule has 1 aliphatic heterocycles. The van der Waals surface area contributed by atoms with Gasteiger partial charge in [-0.05, 0) is 52.0 Å². The summed E-state index contributed by atoms with van der Waals surface area (Å²) >= 11 is 1.71. The minimum atomic E-state index is 0.482. The molecule has 0 amide bonds. The number of thiazole rings is 1. The molecule has 1 aromatic heterocycles. The minimum absolute atomic E-state index is 0.482. The first-order valence-corrected chi connectivity index (χ1v) is 10.6. The number of piperidine rings is 1. The van der Waals surface area contributed by atoms with Crippen molar-refractivity contribution in [3.63, 3.8) is 0 Å². The number of hydrogen-bond acceptors (Lipinski definition) is 4. The van der Waals surface area contributed by atoms with E-state index in [-0.39, 0.29) is 0 Å². The number of hydrogen-bond donors (Lipinski definition) is 2. The highest BCUT2D eigenvalue weighted by Gasteiger charge is 2.21. The Bertz CT molecular complexity index is 538. The molecular weight excluding hydrogens is 330 g/mol. The van der Waals surface area contributed by atoms with Crippen molar-refractivity contribution in [2.45, 2.75) is 66.0 Å². The van der Waals surface area contributed by atoms with E-state index in [1.54, 1.807) is 11.3 Å². The lowest BCUT2D eigenvalue weighted by Gasteiger charge is -2.35. The Morgan fingerprint density at radius 3 is 2.80 bits per heavy atom. The molecule has 2 N–H and O–H groups in total. The third kappa shape index (κ3) is 6.59. The molecule has 1 fully saturated rings. The maximum absolute atomic E-state index is 4.72. The van der Waals surface area contributed by atoms with E-state index in [2.05, 4.69) is 60.5 Å². The summed E-state index contributed by atoms with van der Waals surface area (Å²) in [4.78, 5) is 12.0. The molecule has 0 saturated carbocycles. The van der Waals surface area contributed by atoms with Gasteiger partial charge in [-0.1, -0.05) is 13.8 Å². The molecule has 1 unspecified atom stereocenters. The summed E-state index contributed by atoms with van der Waals surface area (Å²) in [5, 5.41) is 10.1. The molecule has 0 radical (unpaired) electrons. The zero-order valence-corrected chi connectivity index (χ0v) is 17.3. The Kier molecular flexibility index (Phi) is 8.16. The minimum Gasteiger partial charge on any atom is -0.357 e. The summed E-state index contributed by atoms with van der Waals surface area (Å²) in [6.07, 6.45) is 2.61. The molecule has 25 heavy (non-hydrogen) atoms. The van der Waals surface area contributed by atoms with Crippen LogP contribution in [0.3, 0.4) is 0 Å². The van der Waals surface area contributed by atoms with Crippen molar-refractivity contribution in [2.75, 3.05) is 26.2 Å². The number of aliphatic imine (C=N–C) groups is 1. The average molecular weight is 366 g/mol. The van der Waals surface area contributed by atoms with Crippen LogP contribution in [0, 0.1) is 5.92 Å². The third-order valence-corrected chi connectivity index (χ3v) is 5.57. The molecular formula is C19H35N5S. The van der Waals surface area contributed by atoms with Gasteiger partial charge in [0.25, 0.3) is 0 Å². The molecule has 1 aromatic rings. The summed E-state index contributed by atoms with van der Waals surface area (Å²) in [5.74, 6) is 2.09. The summed E-state index contributed by atoms with van der Waals surface area (Å²) in [7, 11) is 0. The molecule has 1 saturated heterocycles. The molecule has 0 aromatic carbocycles.